The largest absolute Gasteiger partial charge is 0.464 e. The van der Waals surface area contributed by atoms with Crippen LogP contribution in [0, 0.1) is 6.92 Å². The first-order valence-corrected chi connectivity index (χ1v) is 5.17. The molecule has 0 aliphatic heterocycles. The van der Waals surface area contributed by atoms with Gasteiger partial charge >= 0.3 is 5.97 Å². The zero-order valence-corrected chi connectivity index (χ0v) is 9.48. The van der Waals surface area contributed by atoms with Crippen LogP contribution in [0.4, 0.5) is 5.69 Å². The van der Waals surface area contributed by atoms with Gasteiger partial charge in [0.1, 0.15) is 5.01 Å². The Labute approximate surface area is 94.9 Å². The van der Waals surface area contributed by atoms with Gasteiger partial charge < -0.3 is 10.5 Å². The zero-order chi connectivity index (χ0) is 11.7. The summed E-state index contributed by atoms with van der Waals surface area (Å²) in [7, 11) is 1.27. The van der Waals surface area contributed by atoms with Crippen LogP contribution in [0.1, 0.15) is 15.5 Å². The summed E-state index contributed by atoms with van der Waals surface area (Å²) >= 11 is 1.35. The number of anilines is 1. The number of hydrogen-bond acceptors (Lipinski definition) is 7. The van der Waals surface area contributed by atoms with Crippen molar-refractivity contribution in [2.75, 3.05) is 12.8 Å². The molecule has 0 atom stereocenters. The first kappa shape index (κ1) is 10.6. The van der Waals surface area contributed by atoms with Gasteiger partial charge in [-0.15, -0.1) is 10.2 Å². The first-order chi connectivity index (χ1) is 7.61. The maximum Gasteiger partial charge on any atom is 0.360 e. The van der Waals surface area contributed by atoms with E-state index in [0.717, 1.165) is 5.01 Å². The Kier molecular flexibility index (Phi) is 2.57. The van der Waals surface area contributed by atoms with E-state index in [1.54, 1.807) is 0 Å². The third-order valence-corrected chi connectivity index (χ3v) is 2.66. The molecule has 0 radical (unpaired) electrons. The van der Waals surface area contributed by atoms with Gasteiger partial charge in [-0.1, -0.05) is 11.3 Å². The second-order valence-electron chi connectivity index (χ2n) is 2.97. The maximum absolute atomic E-state index is 11.3. The number of aryl methyl sites for hydroxylation is 1. The molecular weight excluding hydrogens is 230 g/mol. The van der Waals surface area contributed by atoms with Gasteiger partial charge in [0.15, 0.2) is 5.69 Å². The van der Waals surface area contributed by atoms with Crippen LogP contribution in [-0.4, -0.2) is 33.1 Å². The minimum atomic E-state index is -0.572. The van der Waals surface area contributed by atoms with Crippen molar-refractivity contribution in [2.24, 2.45) is 0 Å². The summed E-state index contributed by atoms with van der Waals surface area (Å²) in [5, 5.41) is 13.1. The molecule has 0 aliphatic carbocycles. The smallest absolute Gasteiger partial charge is 0.360 e. The summed E-state index contributed by atoms with van der Waals surface area (Å²) in [6.45, 7) is 1.83. The predicted octanol–water partition coefficient (Wildman–Crippen LogP) is 0.401. The maximum atomic E-state index is 11.3. The number of nitrogens with two attached hydrogens (primary N) is 1. The van der Waals surface area contributed by atoms with Crippen molar-refractivity contribution in [3.05, 3.63) is 16.9 Å². The lowest BCUT2D eigenvalue weighted by Crippen LogP contribution is -2.05. The quantitative estimate of drug-likeness (QED) is 0.762. The topological polar surface area (TPSA) is 95.9 Å². The molecule has 2 aromatic heterocycles. The van der Waals surface area contributed by atoms with E-state index in [9.17, 15) is 4.79 Å². The number of nitrogen functional groups attached to an aromatic ring is 1. The van der Waals surface area contributed by atoms with Gasteiger partial charge in [-0.05, 0) is 6.92 Å². The van der Waals surface area contributed by atoms with Crippen molar-refractivity contribution in [1.29, 1.82) is 0 Å². The van der Waals surface area contributed by atoms with Gasteiger partial charge in [-0.25, -0.2) is 9.48 Å². The Morgan fingerprint density at radius 2 is 2.31 bits per heavy atom. The first-order valence-electron chi connectivity index (χ1n) is 4.35. The number of aromatic nitrogens is 4. The molecule has 84 valence electrons. The summed E-state index contributed by atoms with van der Waals surface area (Å²) in [6, 6.07) is 0. The highest BCUT2D eigenvalue weighted by Crippen LogP contribution is 2.17. The Bertz CT molecular complexity index is 532. The van der Waals surface area contributed by atoms with Crippen molar-refractivity contribution in [2.45, 2.75) is 6.92 Å². The van der Waals surface area contributed by atoms with Crippen LogP contribution in [0.15, 0.2) is 6.20 Å². The SMILES string of the molecule is COC(=O)c1nn(-c2nnc(C)s2)cc1N. The fourth-order valence-corrected chi connectivity index (χ4v) is 1.73. The molecule has 2 N–H and O–H groups in total. The molecule has 0 aromatic carbocycles. The number of esters is 1. The number of carbonyl (C=O) groups is 1. The number of methoxy groups -OCH3 is 1. The van der Waals surface area contributed by atoms with Crippen LogP contribution < -0.4 is 5.73 Å². The Morgan fingerprint density at radius 3 is 2.88 bits per heavy atom. The molecule has 0 spiro atoms. The summed E-state index contributed by atoms with van der Waals surface area (Å²) in [6.07, 6.45) is 1.51. The number of carbonyl (C=O) groups excluding carboxylic acids is 1. The van der Waals surface area contributed by atoms with Crippen LogP contribution in [0.2, 0.25) is 0 Å². The summed E-state index contributed by atoms with van der Waals surface area (Å²) in [5.74, 6) is -0.572. The van der Waals surface area contributed by atoms with Gasteiger partial charge in [0.05, 0.1) is 19.0 Å². The van der Waals surface area contributed by atoms with E-state index >= 15 is 0 Å². The van der Waals surface area contributed by atoms with Crippen molar-refractivity contribution in [1.82, 2.24) is 20.0 Å². The third kappa shape index (κ3) is 1.74. The molecule has 0 fully saturated rings. The molecule has 0 aliphatic rings. The average Bonchev–Trinajstić information content (AvgIpc) is 2.83. The van der Waals surface area contributed by atoms with Crippen molar-refractivity contribution < 1.29 is 9.53 Å². The molecule has 16 heavy (non-hydrogen) atoms. The molecule has 7 nitrogen and oxygen atoms in total. The molecule has 2 rings (SSSR count). The zero-order valence-electron chi connectivity index (χ0n) is 8.67. The molecular formula is C8H9N5O2S. The highest BCUT2D eigenvalue weighted by molar-refractivity contribution is 7.13. The average molecular weight is 239 g/mol. The van der Waals surface area contributed by atoms with Crippen LogP contribution in [0.25, 0.3) is 5.13 Å². The van der Waals surface area contributed by atoms with E-state index in [1.165, 1.54) is 29.3 Å². The molecule has 8 heteroatoms. The van der Waals surface area contributed by atoms with Crippen LogP contribution in [-0.2, 0) is 4.74 Å². The van der Waals surface area contributed by atoms with E-state index in [4.69, 9.17) is 5.73 Å². The minimum absolute atomic E-state index is 0.0790. The number of rotatable bonds is 2. The van der Waals surface area contributed by atoms with Gasteiger partial charge in [0.2, 0.25) is 5.13 Å². The molecule has 2 aromatic rings. The minimum Gasteiger partial charge on any atom is -0.464 e. The van der Waals surface area contributed by atoms with E-state index in [1.807, 2.05) is 6.92 Å². The summed E-state index contributed by atoms with van der Waals surface area (Å²) < 4.78 is 5.95. The Balaban J connectivity index is 2.41. The van der Waals surface area contributed by atoms with Crippen LogP contribution >= 0.6 is 11.3 Å². The molecule has 0 unspecified atom stereocenters. The van der Waals surface area contributed by atoms with Gasteiger partial charge in [0, 0.05) is 0 Å². The highest BCUT2D eigenvalue weighted by Gasteiger charge is 2.17. The molecule has 0 amide bonds. The van der Waals surface area contributed by atoms with E-state index in [2.05, 4.69) is 20.0 Å². The standard InChI is InChI=1S/C8H9N5O2S/c1-4-10-11-8(16-4)13-3-5(9)6(12-13)7(14)15-2/h3H,9H2,1-2H3. The normalized spacial score (nSPS) is 10.4. The number of ether oxygens (including phenoxy) is 1. The van der Waals surface area contributed by atoms with Crippen molar-refractivity contribution in [3.8, 4) is 5.13 Å². The molecule has 0 bridgehead atoms. The fraction of sp³-hybridized carbons (Fsp3) is 0.250. The monoisotopic (exact) mass is 239 g/mol. The van der Waals surface area contributed by atoms with Gasteiger partial charge in [-0.3, -0.25) is 0 Å². The van der Waals surface area contributed by atoms with Crippen molar-refractivity contribution in [3.63, 3.8) is 0 Å². The van der Waals surface area contributed by atoms with Crippen LogP contribution in [0.5, 0.6) is 0 Å². The lowest BCUT2D eigenvalue weighted by Gasteiger charge is -1.93. The summed E-state index contributed by atoms with van der Waals surface area (Å²) in [5.41, 5.74) is 5.96. The van der Waals surface area contributed by atoms with E-state index in [-0.39, 0.29) is 11.4 Å². The molecule has 0 saturated heterocycles. The van der Waals surface area contributed by atoms with E-state index in [0.29, 0.717) is 5.13 Å². The number of hydrogen-bond donors (Lipinski definition) is 1. The number of nitrogens with zero attached hydrogens (tertiary/aromatic N) is 4. The second-order valence-corrected chi connectivity index (χ2v) is 4.13. The lowest BCUT2D eigenvalue weighted by atomic mass is 10.4. The highest BCUT2D eigenvalue weighted by atomic mass is 32.1. The molecule has 0 saturated carbocycles. The van der Waals surface area contributed by atoms with E-state index < -0.39 is 5.97 Å². The predicted molar refractivity (Wildman–Crippen MR) is 57.5 cm³/mol. The lowest BCUT2D eigenvalue weighted by molar-refractivity contribution is 0.0594. The Hall–Kier alpha value is -1.96. The Morgan fingerprint density at radius 1 is 1.56 bits per heavy atom. The van der Waals surface area contributed by atoms with Gasteiger partial charge in [-0.2, -0.15) is 5.10 Å². The van der Waals surface area contributed by atoms with Crippen molar-refractivity contribution >= 4 is 23.0 Å². The summed E-state index contributed by atoms with van der Waals surface area (Å²) in [4.78, 5) is 11.3. The fourth-order valence-electron chi connectivity index (χ4n) is 1.12. The third-order valence-electron chi connectivity index (χ3n) is 1.83. The van der Waals surface area contributed by atoms with Gasteiger partial charge in [0.25, 0.3) is 0 Å². The second kappa shape index (κ2) is 3.89. The van der Waals surface area contributed by atoms with Crippen LogP contribution in [0.3, 0.4) is 0 Å². The molecule has 2 heterocycles.